The molecule has 0 radical (unpaired) electrons. The fourth-order valence-electron chi connectivity index (χ4n) is 2.13. The molecule has 1 rings (SSSR count). The van der Waals surface area contributed by atoms with Crippen molar-refractivity contribution in [2.45, 2.75) is 33.2 Å². The molecular formula is C15H22FNO3. The first-order chi connectivity index (χ1) is 9.49. The van der Waals surface area contributed by atoms with E-state index in [2.05, 4.69) is 5.32 Å². The minimum atomic E-state index is -0.818. The Morgan fingerprint density at radius 3 is 2.55 bits per heavy atom. The number of ether oxygens (including phenoxy) is 1. The van der Waals surface area contributed by atoms with Gasteiger partial charge in [-0.15, -0.1) is 0 Å². The van der Waals surface area contributed by atoms with Gasteiger partial charge >= 0.3 is 5.97 Å². The third-order valence-corrected chi connectivity index (χ3v) is 3.84. The molecule has 0 atom stereocenters. The van der Waals surface area contributed by atoms with Gasteiger partial charge in [0.1, 0.15) is 11.6 Å². The third-order valence-electron chi connectivity index (χ3n) is 3.84. The zero-order valence-electron chi connectivity index (χ0n) is 12.2. The molecule has 1 aromatic rings. The van der Waals surface area contributed by atoms with Crippen LogP contribution in [0.3, 0.4) is 0 Å². The first-order valence-corrected chi connectivity index (χ1v) is 6.75. The second kappa shape index (κ2) is 7.24. The highest BCUT2D eigenvalue weighted by Gasteiger charge is 2.34. The normalized spacial score (nSPS) is 11.4. The van der Waals surface area contributed by atoms with Crippen molar-refractivity contribution >= 4 is 5.97 Å². The fourth-order valence-corrected chi connectivity index (χ4v) is 2.13. The number of nitrogens with one attached hydrogen (secondary N) is 1. The molecule has 5 heteroatoms. The highest BCUT2D eigenvalue weighted by Crippen LogP contribution is 2.26. The molecular weight excluding hydrogens is 261 g/mol. The lowest BCUT2D eigenvalue weighted by atomic mass is 9.82. The summed E-state index contributed by atoms with van der Waals surface area (Å²) in [5.41, 5.74) is -0.328. The van der Waals surface area contributed by atoms with E-state index in [1.54, 1.807) is 12.1 Å². The summed E-state index contributed by atoms with van der Waals surface area (Å²) in [5.74, 6) is -0.563. The second-order valence-corrected chi connectivity index (χ2v) is 4.85. The predicted octanol–water partition coefficient (Wildman–Crippen LogP) is 2.81. The Morgan fingerprint density at radius 2 is 2.05 bits per heavy atom. The standard InChI is InChI=1S/C15H22FNO3/c1-4-15(5-2,14(18)19)10-17-9-11-8-12(20-3)6-7-13(11)16/h6-8,17H,4-5,9-10H2,1-3H3,(H,18,19). The molecule has 112 valence electrons. The highest BCUT2D eigenvalue weighted by molar-refractivity contribution is 5.74. The number of rotatable bonds is 8. The lowest BCUT2D eigenvalue weighted by Crippen LogP contribution is -2.40. The van der Waals surface area contributed by atoms with Gasteiger partial charge < -0.3 is 15.2 Å². The van der Waals surface area contributed by atoms with Gasteiger partial charge in [-0.05, 0) is 31.0 Å². The number of aliphatic carboxylic acids is 1. The number of carbonyl (C=O) groups is 1. The van der Waals surface area contributed by atoms with E-state index in [0.29, 0.717) is 30.7 Å². The maximum absolute atomic E-state index is 13.6. The molecule has 0 spiro atoms. The van der Waals surface area contributed by atoms with Crippen LogP contribution < -0.4 is 10.1 Å². The van der Waals surface area contributed by atoms with Crippen LogP contribution in [0.15, 0.2) is 18.2 Å². The number of methoxy groups -OCH3 is 1. The van der Waals surface area contributed by atoms with Crippen molar-refractivity contribution in [2.24, 2.45) is 5.41 Å². The number of hydrogen-bond donors (Lipinski definition) is 2. The molecule has 0 aliphatic heterocycles. The molecule has 0 fully saturated rings. The Labute approximate surface area is 119 Å². The Morgan fingerprint density at radius 1 is 1.40 bits per heavy atom. The van der Waals surface area contributed by atoms with Crippen molar-refractivity contribution in [3.05, 3.63) is 29.6 Å². The third kappa shape index (κ3) is 3.70. The van der Waals surface area contributed by atoms with Gasteiger partial charge in [0, 0.05) is 18.7 Å². The van der Waals surface area contributed by atoms with Gasteiger partial charge in [0.15, 0.2) is 0 Å². The number of carboxylic acids is 1. The van der Waals surface area contributed by atoms with Crippen LogP contribution in [0.1, 0.15) is 32.3 Å². The van der Waals surface area contributed by atoms with E-state index in [9.17, 15) is 14.3 Å². The molecule has 4 nitrogen and oxygen atoms in total. The monoisotopic (exact) mass is 283 g/mol. The van der Waals surface area contributed by atoms with E-state index in [4.69, 9.17) is 4.74 Å². The summed E-state index contributed by atoms with van der Waals surface area (Å²) < 4.78 is 18.7. The summed E-state index contributed by atoms with van der Waals surface area (Å²) in [6.45, 7) is 4.29. The zero-order valence-corrected chi connectivity index (χ0v) is 12.2. The van der Waals surface area contributed by atoms with Crippen LogP contribution in [0.4, 0.5) is 4.39 Å². The van der Waals surface area contributed by atoms with Crippen molar-refractivity contribution in [1.29, 1.82) is 0 Å². The Bertz CT molecular complexity index is 458. The van der Waals surface area contributed by atoms with Crippen LogP contribution in [-0.4, -0.2) is 24.7 Å². The summed E-state index contributed by atoms with van der Waals surface area (Å²) in [6, 6.07) is 4.51. The van der Waals surface area contributed by atoms with E-state index >= 15 is 0 Å². The molecule has 0 aromatic heterocycles. The largest absolute Gasteiger partial charge is 0.497 e. The number of halogens is 1. The van der Waals surface area contributed by atoms with Gasteiger partial charge in [0.2, 0.25) is 0 Å². The minimum absolute atomic E-state index is 0.276. The molecule has 0 amide bonds. The molecule has 1 aromatic carbocycles. The van der Waals surface area contributed by atoms with Gasteiger partial charge in [-0.1, -0.05) is 13.8 Å². The molecule has 0 unspecified atom stereocenters. The maximum atomic E-state index is 13.6. The van der Waals surface area contributed by atoms with Crippen LogP contribution in [0.5, 0.6) is 5.75 Å². The van der Waals surface area contributed by atoms with Crippen LogP contribution >= 0.6 is 0 Å². The first kappa shape index (κ1) is 16.4. The van der Waals surface area contributed by atoms with E-state index in [1.807, 2.05) is 13.8 Å². The van der Waals surface area contributed by atoms with E-state index in [0.717, 1.165) is 0 Å². The zero-order chi connectivity index (χ0) is 15.2. The molecule has 2 N–H and O–H groups in total. The molecule has 0 heterocycles. The molecule has 0 bridgehead atoms. The van der Waals surface area contributed by atoms with Crippen molar-refractivity contribution in [1.82, 2.24) is 5.32 Å². The fraction of sp³-hybridized carbons (Fsp3) is 0.533. The molecule has 20 heavy (non-hydrogen) atoms. The smallest absolute Gasteiger partial charge is 0.310 e. The summed E-state index contributed by atoms with van der Waals surface area (Å²) in [4.78, 5) is 11.4. The number of benzene rings is 1. The lowest BCUT2D eigenvalue weighted by Gasteiger charge is -2.27. The van der Waals surface area contributed by atoms with Crippen molar-refractivity contribution in [3.63, 3.8) is 0 Å². The van der Waals surface area contributed by atoms with Crippen molar-refractivity contribution in [2.75, 3.05) is 13.7 Å². The SMILES string of the molecule is CCC(CC)(CNCc1cc(OC)ccc1F)C(=O)O. The molecule has 0 saturated carbocycles. The first-order valence-electron chi connectivity index (χ1n) is 6.75. The quantitative estimate of drug-likeness (QED) is 0.770. The van der Waals surface area contributed by atoms with Crippen molar-refractivity contribution < 1.29 is 19.0 Å². The number of hydrogen-bond acceptors (Lipinski definition) is 3. The topological polar surface area (TPSA) is 58.6 Å². The Hall–Kier alpha value is -1.62. The van der Waals surface area contributed by atoms with Gasteiger partial charge in [-0.25, -0.2) is 4.39 Å². The van der Waals surface area contributed by atoms with E-state index in [-0.39, 0.29) is 12.4 Å². The highest BCUT2D eigenvalue weighted by atomic mass is 19.1. The summed E-state index contributed by atoms with van der Waals surface area (Å²) in [5, 5.41) is 12.4. The van der Waals surface area contributed by atoms with Crippen LogP contribution in [0.2, 0.25) is 0 Å². The lowest BCUT2D eigenvalue weighted by molar-refractivity contribution is -0.149. The summed E-state index contributed by atoms with van der Waals surface area (Å²) in [6.07, 6.45) is 1.07. The maximum Gasteiger partial charge on any atom is 0.310 e. The van der Waals surface area contributed by atoms with Crippen LogP contribution in [-0.2, 0) is 11.3 Å². The van der Waals surface area contributed by atoms with Gasteiger partial charge in [0.05, 0.1) is 12.5 Å². The molecule has 0 aliphatic rings. The predicted molar refractivity (Wildman–Crippen MR) is 75.3 cm³/mol. The Balaban J connectivity index is 2.70. The van der Waals surface area contributed by atoms with E-state index in [1.165, 1.54) is 13.2 Å². The summed E-state index contributed by atoms with van der Waals surface area (Å²) >= 11 is 0. The molecule has 0 saturated heterocycles. The van der Waals surface area contributed by atoms with Crippen LogP contribution in [0.25, 0.3) is 0 Å². The van der Waals surface area contributed by atoms with Crippen molar-refractivity contribution in [3.8, 4) is 5.75 Å². The van der Waals surface area contributed by atoms with Gasteiger partial charge in [0.25, 0.3) is 0 Å². The average molecular weight is 283 g/mol. The summed E-state index contributed by atoms with van der Waals surface area (Å²) in [7, 11) is 1.52. The second-order valence-electron chi connectivity index (χ2n) is 4.85. The minimum Gasteiger partial charge on any atom is -0.497 e. The van der Waals surface area contributed by atoms with Crippen LogP contribution in [0, 0.1) is 11.2 Å². The average Bonchev–Trinajstić information content (AvgIpc) is 2.45. The van der Waals surface area contributed by atoms with Gasteiger partial charge in [-0.3, -0.25) is 4.79 Å². The molecule has 0 aliphatic carbocycles. The van der Waals surface area contributed by atoms with E-state index < -0.39 is 11.4 Å². The Kier molecular flexibility index (Phi) is 5.95. The van der Waals surface area contributed by atoms with Gasteiger partial charge in [-0.2, -0.15) is 0 Å². The number of carboxylic acid groups (broad SMARTS) is 1.